The van der Waals surface area contributed by atoms with E-state index in [1.54, 1.807) is 0 Å². The predicted molar refractivity (Wildman–Crippen MR) is 88.9 cm³/mol. The number of rotatable bonds is 7. The average molecular weight is 287 g/mol. The minimum absolute atomic E-state index is 0.256. The zero-order valence-corrected chi connectivity index (χ0v) is 13.2. The zero-order chi connectivity index (χ0) is 15.2. The van der Waals surface area contributed by atoms with Gasteiger partial charge in [-0.1, -0.05) is 18.2 Å². The lowest BCUT2D eigenvalue weighted by Crippen LogP contribution is -2.26. The zero-order valence-electron chi connectivity index (χ0n) is 13.2. The Bertz CT molecular complexity index is 583. The highest BCUT2D eigenvalue weighted by molar-refractivity contribution is 5.81. The molecule has 0 fully saturated rings. The Morgan fingerprint density at radius 1 is 1.29 bits per heavy atom. The number of hydrogen-bond acceptors (Lipinski definition) is 4. The number of fused-ring (bicyclic) bond motifs is 1. The van der Waals surface area contributed by atoms with E-state index >= 15 is 0 Å². The maximum Gasteiger partial charge on any atom is 0.132 e. The van der Waals surface area contributed by atoms with Gasteiger partial charge in [-0.3, -0.25) is 0 Å². The fourth-order valence-electron chi connectivity index (χ4n) is 2.35. The van der Waals surface area contributed by atoms with Crippen molar-refractivity contribution in [2.24, 2.45) is 5.73 Å². The van der Waals surface area contributed by atoms with Crippen LogP contribution in [0.15, 0.2) is 30.3 Å². The van der Waals surface area contributed by atoms with Crippen molar-refractivity contribution in [2.45, 2.75) is 26.4 Å². The molecule has 1 heterocycles. The Balaban J connectivity index is 2.24. The summed E-state index contributed by atoms with van der Waals surface area (Å²) in [6, 6.07) is 10.4. The second-order valence-electron chi connectivity index (χ2n) is 5.54. The topological polar surface area (TPSA) is 51.4 Å². The van der Waals surface area contributed by atoms with Crippen LogP contribution in [0.5, 0.6) is 0 Å². The smallest absolute Gasteiger partial charge is 0.132 e. The molecule has 0 aliphatic carbocycles. The number of ether oxygens (including phenoxy) is 1. The first kappa shape index (κ1) is 15.7. The van der Waals surface area contributed by atoms with Crippen LogP contribution in [-0.4, -0.2) is 37.8 Å². The number of aromatic nitrogens is 1. The minimum atomic E-state index is 0.256. The molecule has 0 bridgehead atoms. The molecular formula is C17H25N3O. The summed E-state index contributed by atoms with van der Waals surface area (Å²) >= 11 is 0. The third kappa shape index (κ3) is 4.16. The van der Waals surface area contributed by atoms with Gasteiger partial charge >= 0.3 is 0 Å². The van der Waals surface area contributed by atoms with Crippen molar-refractivity contribution in [2.75, 3.05) is 31.6 Å². The first-order chi connectivity index (χ1) is 10.1. The number of benzene rings is 1. The molecule has 0 saturated heterocycles. The lowest BCUT2D eigenvalue weighted by atomic mass is 10.1. The number of para-hydroxylation sites is 1. The van der Waals surface area contributed by atoms with Crippen molar-refractivity contribution >= 4 is 16.7 Å². The predicted octanol–water partition coefficient (Wildman–Crippen LogP) is 2.60. The normalized spacial score (nSPS) is 11.3. The number of pyridine rings is 1. The first-order valence-electron chi connectivity index (χ1n) is 7.53. The average Bonchev–Trinajstić information content (AvgIpc) is 2.46. The summed E-state index contributed by atoms with van der Waals surface area (Å²) in [5.41, 5.74) is 7.96. The van der Waals surface area contributed by atoms with E-state index in [-0.39, 0.29) is 6.10 Å². The Kier molecular flexibility index (Phi) is 5.53. The molecule has 0 spiro atoms. The molecule has 1 aromatic heterocycles. The van der Waals surface area contributed by atoms with Crippen LogP contribution in [0, 0.1) is 0 Å². The Hall–Kier alpha value is -1.65. The van der Waals surface area contributed by atoms with Gasteiger partial charge in [0, 0.05) is 19.0 Å². The molecule has 4 heteroatoms. The summed E-state index contributed by atoms with van der Waals surface area (Å²) < 4.78 is 5.63. The van der Waals surface area contributed by atoms with Crippen molar-refractivity contribution < 1.29 is 4.74 Å². The summed E-state index contributed by atoms with van der Waals surface area (Å²) in [5.74, 6) is 1.01. The molecule has 0 amide bonds. The van der Waals surface area contributed by atoms with Gasteiger partial charge in [0.1, 0.15) is 5.82 Å². The largest absolute Gasteiger partial charge is 0.377 e. The van der Waals surface area contributed by atoms with Gasteiger partial charge < -0.3 is 15.4 Å². The standard InChI is InChI=1S/C17H25N3O/c1-13(2)21-11-10-20(3)17-15(8-9-18)12-14-6-4-5-7-16(14)19-17/h4-7,12-13H,8-11,18H2,1-3H3. The van der Waals surface area contributed by atoms with E-state index in [0.717, 1.165) is 29.7 Å². The molecule has 2 rings (SSSR count). The molecule has 2 N–H and O–H groups in total. The summed E-state index contributed by atoms with van der Waals surface area (Å²) in [6.07, 6.45) is 1.09. The van der Waals surface area contributed by atoms with Gasteiger partial charge in [-0.15, -0.1) is 0 Å². The highest BCUT2D eigenvalue weighted by Crippen LogP contribution is 2.23. The van der Waals surface area contributed by atoms with E-state index in [1.807, 2.05) is 32.0 Å². The number of anilines is 1. The van der Waals surface area contributed by atoms with E-state index in [2.05, 4.69) is 24.1 Å². The Morgan fingerprint density at radius 3 is 2.76 bits per heavy atom. The highest BCUT2D eigenvalue weighted by atomic mass is 16.5. The molecule has 4 nitrogen and oxygen atoms in total. The fourth-order valence-corrected chi connectivity index (χ4v) is 2.35. The third-order valence-electron chi connectivity index (χ3n) is 3.43. The summed E-state index contributed by atoms with van der Waals surface area (Å²) in [6.45, 7) is 6.25. The summed E-state index contributed by atoms with van der Waals surface area (Å²) in [7, 11) is 2.06. The maximum atomic E-state index is 5.74. The van der Waals surface area contributed by atoms with Crippen LogP contribution >= 0.6 is 0 Å². The molecule has 114 valence electrons. The lowest BCUT2D eigenvalue weighted by Gasteiger charge is -2.22. The molecular weight excluding hydrogens is 262 g/mol. The quantitative estimate of drug-likeness (QED) is 0.850. The monoisotopic (exact) mass is 287 g/mol. The molecule has 1 aromatic carbocycles. The number of likely N-dealkylation sites (N-methyl/N-ethyl adjacent to an activating group) is 1. The van der Waals surface area contributed by atoms with E-state index in [9.17, 15) is 0 Å². The Morgan fingerprint density at radius 2 is 2.05 bits per heavy atom. The molecule has 0 unspecified atom stereocenters. The van der Waals surface area contributed by atoms with E-state index < -0.39 is 0 Å². The van der Waals surface area contributed by atoms with Crippen molar-refractivity contribution in [3.05, 3.63) is 35.9 Å². The van der Waals surface area contributed by atoms with Crippen molar-refractivity contribution in [1.29, 1.82) is 0 Å². The number of hydrogen-bond donors (Lipinski definition) is 1. The van der Waals surface area contributed by atoms with E-state index in [1.165, 1.54) is 5.56 Å². The third-order valence-corrected chi connectivity index (χ3v) is 3.43. The van der Waals surface area contributed by atoms with E-state index in [0.29, 0.717) is 13.2 Å². The summed E-state index contributed by atoms with van der Waals surface area (Å²) in [4.78, 5) is 6.96. The first-order valence-corrected chi connectivity index (χ1v) is 7.53. The van der Waals surface area contributed by atoms with Gasteiger partial charge in [-0.25, -0.2) is 4.98 Å². The maximum absolute atomic E-state index is 5.74. The van der Waals surface area contributed by atoms with Crippen LogP contribution in [-0.2, 0) is 11.2 Å². The Labute approximate surface area is 126 Å². The molecule has 2 aromatic rings. The van der Waals surface area contributed by atoms with Gasteiger partial charge in [0.15, 0.2) is 0 Å². The highest BCUT2D eigenvalue weighted by Gasteiger charge is 2.11. The SMILES string of the molecule is CC(C)OCCN(C)c1nc2ccccc2cc1CCN. The number of nitrogens with two attached hydrogens (primary N) is 1. The molecule has 0 saturated carbocycles. The second kappa shape index (κ2) is 7.38. The van der Waals surface area contributed by atoms with Gasteiger partial charge in [0.2, 0.25) is 0 Å². The van der Waals surface area contributed by atoms with Crippen LogP contribution in [0.25, 0.3) is 10.9 Å². The number of nitrogens with zero attached hydrogens (tertiary/aromatic N) is 2. The van der Waals surface area contributed by atoms with Gasteiger partial charge in [-0.05, 0) is 44.5 Å². The van der Waals surface area contributed by atoms with Crippen LogP contribution < -0.4 is 10.6 Å². The van der Waals surface area contributed by atoms with Crippen LogP contribution in [0.1, 0.15) is 19.4 Å². The summed E-state index contributed by atoms with van der Waals surface area (Å²) in [5, 5.41) is 1.16. The fraction of sp³-hybridized carbons (Fsp3) is 0.471. The van der Waals surface area contributed by atoms with Crippen molar-refractivity contribution in [1.82, 2.24) is 4.98 Å². The van der Waals surface area contributed by atoms with Gasteiger partial charge in [0.05, 0.1) is 18.2 Å². The molecule has 0 aliphatic heterocycles. The van der Waals surface area contributed by atoms with Crippen LogP contribution in [0.3, 0.4) is 0 Å². The van der Waals surface area contributed by atoms with Crippen molar-refractivity contribution in [3.8, 4) is 0 Å². The minimum Gasteiger partial charge on any atom is -0.377 e. The lowest BCUT2D eigenvalue weighted by molar-refractivity contribution is 0.0845. The molecule has 0 aliphatic rings. The van der Waals surface area contributed by atoms with Crippen LogP contribution in [0.4, 0.5) is 5.82 Å². The van der Waals surface area contributed by atoms with Crippen LogP contribution in [0.2, 0.25) is 0 Å². The second-order valence-corrected chi connectivity index (χ2v) is 5.54. The van der Waals surface area contributed by atoms with E-state index in [4.69, 9.17) is 15.5 Å². The molecule has 0 radical (unpaired) electrons. The molecule has 0 atom stereocenters. The van der Waals surface area contributed by atoms with Crippen molar-refractivity contribution in [3.63, 3.8) is 0 Å². The van der Waals surface area contributed by atoms with Gasteiger partial charge in [0.25, 0.3) is 0 Å². The molecule has 21 heavy (non-hydrogen) atoms. The van der Waals surface area contributed by atoms with Gasteiger partial charge in [-0.2, -0.15) is 0 Å².